The molecule has 0 radical (unpaired) electrons. The maximum Gasteiger partial charge on any atom is 0.251 e. The topological polar surface area (TPSA) is 70.7 Å². The number of rotatable bonds is 4. The second kappa shape index (κ2) is 8.55. The molecule has 1 saturated heterocycles. The smallest absolute Gasteiger partial charge is 0.251 e. The number of ether oxygens (including phenoxy) is 1. The van der Waals surface area contributed by atoms with Gasteiger partial charge in [-0.1, -0.05) is 11.6 Å². The lowest BCUT2D eigenvalue weighted by atomic mass is 10.1. The number of benzene rings is 2. The average molecular weight is 432 g/mol. The van der Waals surface area contributed by atoms with Crippen molar-refractivity contribution in [2.75, 3.05) is 36.2 Å². The lowest BCUT2D eigenvalue weighted by molar-refractivity contribution is -0.115. The molecule has 0 aliphatic carbocycles. The Bertz CT molecular complexity index is 953. The number of fused-ring (bicyclic) bond motifs is 1. The fraction of sp³-hybridized carbons (Fsp3) is 0.333. The summed E-state index contributed by atoms with van der Waals surface area (Å²) in [4.78, 5) is 27.7. The van der Waals surface area contributed by atoms with E-state index in [1.54, 1.807) is 31.0 Å². The molecule has 1 unspecified atom stereocenters. The number of methoxy groups -OCH3 is 1. The lowest BCUT2D eigenvalue weighted by Crippen LogP contribution is -2.37. The van der Waals surface area contributed by atoms with Gasteiger partial charge in [0, 0.05) is 46.8 Å². The molecular weight excluding hydrogens is 410 g/mol. The van der Waals surface area contributed by atoms with Gasteiger partial charge in [0.1, 0.15) is 5.75 Å². The zero-order valence-electron chi connectivity index (χ0n) is 16.0. The number of nitrogens with one attached hydrogen (secondary N) is 2. The van der Waals surface area contributed by atoms with Crippen molar-refractivity contribution < 1.29 is 14.3 Å². The van der Waals surface area contributed by atoms with Gasteiger partial charge in [0.05, 0.1) is 18.5 Å². The first-order valence-corrected chi connectivity index (χ1v) is 10.9. The van der Waals surface area contributed by atoms with Crippen LogP contribution in [-0.4, -0.2) is 43.8 Å². The Hall–Kier alpha value is -2.38. The highest BCUT2D eigenvalue weighted by Gasteiger charge is 2.27. The van der Waals surface area contributed by atoms with Crippen LogP contribution < -0.4 is 20.3 Å². The maximum atomic E-state index is 12.8. The predicted molar refractivity (Wildman–Crippen MR) is 117 cm³/mol. The van der Waals surface area contributed by atoms with Crippen LogP contribution in [-0.2, 0) is 4.79 Å². The van der Waals surface area contributed by atoms with Gasteiger partial charge in [-0.05, 0) is 42.8 Å². The zero-order valence-corrected chi connectivity index (χ0v) is 17.6. The first-order chi connectivity index (χ1) is 14.0. The van der Waals surface area contributed by atoms with E-state index in [9.17, 15) is 9.59 Å². The zero-order chi connectivity index (χ0) is 20.4. The van der Waals surface area contributed by atoms with Crippen LogP contribution in [0.25, 0.3) is 0 Å². The Balaban J connectivity index is 1.44. The Morgan fingerprint density at radius 2 is 2.17 bits per heavy atom. The van der Waals surface area contributed by atoms with Gasteiger partial charge in [-0.15, -0.1) is 11.8 Å². The van der Waals surface area contributed by atoms with Gasteiger partial charge in [0.25, 0.3) is 5.91 Å². The van der Waals surface area contributed by atoms with Gasteiger partial charge in [0.15, 0.2) is 0 Å². The fourth-order valence-corrected chi connectivity index (χ4v) is 4.74. The minimum absolute atomic E-state index is 0.0179. The molecule has 1 fully saturated rings. The summed E-state index contributed by atoms with van der Waals surface area (Å²) in [5, 5.41) is 6.64. The molecule has 2 aromatic carbocycles. The van der Waals surface area contributed by atoms with Crippen LogP contribution >= 0.6 is 23.4 Å². The standard InChI is InChI=1S/C21H22ClN3O3S/c1-28-18-4-3-14(22)11-17(18)25-8-6-15(12-25)23-21(27)13-2-5-19-16(10-13)24-20(26)7-9-29-19/h2-5,10-11,15H,6-9,12H2,1H3,(H,23,27)(H,24,26). The Morgan fingerprint density at radius 1 is 1.31 bits per heavy atom. The number of amides is 2. The molecule has 0 saturated carbocycles. The molecule has 4 rings (SSSR count). The van der Waals surface area contributed by atoms with Crippen LogP contribution in [0.4, 0.5) is 11.4 Å². The quantitative estimate of drug-likeness (QED) is 0.770. The molecule has 8 heteroatoms. The highest BCUT2D eigenvalue weighted by atomic mass is 35.5. The second-order valence-electron chi connectivity index (χ2n) is 7.08. The van der Waals surface area contributed by atoms with Crippen molar-refractivity contribution in [1.82, 2.24) is 5.32 Å². The highest BCUT2D eigenvalue weighted by Crippen LogP contribution is 2.34. The van der Waals surface area contributed by atoms with Gasteiger partial charge in [-0.3, -0.25) is 9.59 Å². The Kier molecular flexibility index (Phi) is 5.87. The summed E-state index contributed by atoms with van der Waals surface area (Å²) in [5.41, 5.74) is 2.19. The molecular formula is C21H22ClN3O3S. The van der Waals surface area contributed by atoms with Crippen molar-refractivity contribution in [3.8, 4) is 5.75 Å². The molecule has 0 spiro atoms. The number of anilines is 2. The second-order valence-corrected chi connectivity index (χ2v) is 8.65. The van der Waals surface area contributed by atoms with Crippen molar-refractivity contribution >= 4 is 46.6 Å². The van der Waals surface area contributed by atoms with Crippen LogP contribution in [0.15, 0.2) is 41.3 Å². The largest absolute Gasteiger partial charge is 0.495 e. The number of hydrogen-bond acceptors (Lipinski definition) is 5. The van der Waals surface area contributed by atoms with Gasteiger partial charge in [-0.25, -0.2) is 0 Å². The van der Waals surface area contributed by atoms with E-state index in [1.165, 1.54) is 0 Å². The first kappa shape index (κ1) is 19.9. The molecule has 2 N–H and O–H groups in total. The van der Waals surface area contributed by atoms with E-state index in [-0.39, 0.29) is 17.9 Å². The Labute approximate surface area is 178 Å². The van der Waals surface area contributed by atoms with E-state index in [4.69, 9.17) is 16.3 Å². The predicted octanol–water partition coefficient (Wildman–Crippen LogP) is 3.79. The van der Waals surface area contributed by atoms with Crippen molar-refractivity contribution in [2.45, 2.75) is 23.8 Å². The molecule has 152 valence electrons. The minimum atomic E-state index is -0.138. The molecule has 1 atom stereocenters. The Morgan fingerprint density at radius 3 is 3.00 bits per heavy atom. The molecule has 2 aromatic rings. The summed E-state index contributed by atoms with van der Waals surface area (Å²) in [6.07, 6.45) is 1.31. The third-order valence-corrected chi connectivity index (χ3v) is 6.42. The summed E-state index contributed by atoms with van der Waals surface area (Å²) >= 11 is 7.77. The van der Waals surface area contributed by atoms with Gasteiger partial charge < -0.3 is 20.3 Å². The molecule has 6 nitrogen and oxygen atoms in total. The minimum Gasteiger partial charge on any atom is -0.495 e. The van der Waals surface area contributed by atoms with Crippen molar-refractivity contribution in [3.63, 3.8) is 0 Å². The number of hydrogen-bond donors (Lipinski definition) is 2. The van der Waals surface area contributed by atoms with Crippen molar-refractivity contribution in [3.05, 3.63) is 47.0 Å². The van der Waals surface area contributed by atoms with Gasteiger partial charge in [0.2, 0.25) is 5.91 Å². The monoisotopic (exact) mass is 431 g/mol. The molecule has 0 aromatic heterocycles. The van der Waals surface area contributed by atoms with Crippen LogP contribution in [0.3, 0.4) is 0 Å². The third kappa shape index (κ3) is 4.46. The summed E-state index contributed by atoms with van der Waals surface area (Å²) in [5.74, 6) is 1.35. The number of carbonyl (C=O) groups is 2. The molecule has 2 amide bonds. The lowest BCUT2D eigenvalue weighted by Gasteiger charge is -2.22. The van der Waals surface area contributed by atoms with Crippen molar-refractivity contribution in [1.29, 1.82) is 0 Å². The number of nitrogens with zero attached hydrogens (tertiary/aromatic N) is 1. The van der Waals surface area contributed by atoms with E-state index in [0.717, 1.165) is 35.1 Å². The number of carbonyl (C=O) groups excluding carboxylic acids is 2. The van der Waals surface area contributed by atoms with E-state index in [1.807, 2.05) is 24.3 Å². The fourth-order valence-electron chi connectivity index (χ4n) is 3.64. The third-order valence-electron chi connectivity index (χ3n) is 5.11. The molecule has 29 heavy (non-hydrogen) atoms. The van der Waals surface area contributed by atoms with Crippen molar-refractivity contribution in [2.24, 2.45) is 0 Å². The number of thioether (sulfide) groups is 1. The summed E-state index contributed by atoms with van der Waals surface area (Å²) in [7, 11) is 1.64. The van der Waals surface area contributed by atoms with Crippen LogP contribution in [0, 0.1) is 0 Å². The van der Waals surface area contributed by atoms with Gasteiger partial charge >= 0.3 is 0 Å². The average Bonchev–Trinajstić information content (AvgIpc) is 3.08. The highest BCUT2D eigenvalue weighted by molar-refractivity contribution is 7.99. The maximum absolute atomic E-state index is 12.8. The van der Waals surface area contributed by atoms with Crippen LogP contribution in [0.1, 0.15) is 23.2 Å². The van der Waals surface area contributed by atoms with E-state index in [2.05, 4.69) is 15.5 Å². The summed E-state index contributed by atoms with van der Waals surface area (Å²) in [6, 6.07) is 11.0. The van der Waals surface area contributed by atoms with E-state index in [0.29, 0.717) is 29.2 Å². The normalized spacial score (nSPS) is 18.6. The SMILES string of the molecule is COc1ccc(Cl)cc1N1CCC(NC(=O)c2ccc3c(c2)NC(=O)CCS3)C1. The van der Waals surface area contributed by atoms with Gasteiger partial charge in [-0.2, -0.15) is 0 Å². The molecule has 2 aliphatic heterocycles. The van der Waals surface area contributed by atoms with E-state index < -0.39 is 0 Å². The van der Waals surface area contributed by atoms with E-state index >= 15 is 0 Å². The molecule has 0 bridgehead atoms. The summed E-state index contributed by atoms with van der Waals surface area (Å²) in [6.45, 7) is 1.48. The summed E-state index contributed by atoms with van der Waals surface area (Å²) < 4.78 is 5.45. The molecule has 2 aliphatic rings. The van der Waals surface area contributed by atoms with Crippen LogP contribution in [0.5, 0.6) is 5.75 Å². The first-order valence-electron chi connectivity index (χ1n) is 9.49. The van der Waals surface area contributed by atoms with Crippen LogP contribution in [0.2, 0.25) is 5.02 Å². The molecule has 2 heterocycles. The number of halogens is 1.